The summed E-state index contributed by atoms with van der Waals surface area (Å²) >= 11 is 0. The molecule has 2 aromatic carbocycles. The summed E-state index contributed by atoms with van der Waals surface area (Å²) in [5, 5.41) is 0. The average Bonchev–Trinajstić information content (AvgIpc) is 3.08. The van der Waals surface area contributed by atoms with Crippen LogP contribution in [0.2, 0.25) is 0 Å². The molecule has 4 aromatic rings. The van der Waals surface area contributed by atoms with Gasteiger partial charge in [0, 0.05) is 11.1 Å². The van der Waals surface area contributed by atoms with Crippen molar-refractivity contribution < 1.29 is 14.3 Å². The number of carbonyl (C=O) groups is 2. The van der Waals surface area contributed by atoms with E-state index in [9.17, 15) is 14.4 Å². The summed E-state index contributed by atoms with van der Waals surface area (Å²) < 4.78 is 6.62. The summed E-state index contributed by atoms with van der Waals surface area (Å²) in [4.78, 5) is 47.6. The molecule has 0 fully saturated rings. The lowest BCUT2D eigenvalue weighted by molar-refractivity contribution is 0.0990. The number of imidazole rings is 1. The predicted molar refractivity (Wildman–Crippen MR) is 109 cm³/mol. The number of methoxy groups -OCH3 is 1. The molecular weight excluding hydrogens is 388 g/mol. The first-order valence-electron chi connectivity index (χ1n) is 8.77. The van der Waals surface area contributed by atoms with Crippen molar-refractivity contribution in [2.45, 2.75) is 0 Å². The normalized spacial score (nSPS) is 10.8. The maximum absolute atomic E-state index is 12.7. The second-order valence-corrected chi connectivity index (χ2v) is 6.34. The van der Waals surface area contributed by atoms with Crippen LogP contribution < -0.4 is 21.9 Å². The highest BCUT2D eigenvalue weighted by atomic mass is 16.5. The maximum atomic E-state index is 12.7. The number of primary amides is 2. The molecule has 0 bridgehead atoms. The molecule has 0 aliphatic rings. The molecule has 0 aliphatic carbocycles. The minimum atomic E-state index is -0.844. The number of ether oxygens (including phenoxy) is 1. The summed E-state index contributed by atoms with van der Waals surface area (Å²) in [6.45, 7) is 0. The van der Waals surface area contributed by atoms with Crippen LogP contribution in [-0.4, -0.2) is 38.4 Å². The number of nitrogens with two attached hydrogens (primary N) is 2. The second kappa shape index (κ2) is 7.17. The van der Waals surface area contributed by atoms with E-state index < -0.39 is 17.5 Å². The molecule has 0 saturated heterocycles. The maximum Gasteiger partial charge on any atom is 0.332 e. The summed E-state index contributed by atoms with van der Waals surface area (Å²) in [6.07, 6.45) is 0. The van der Waals surface area contributed by atoms with E-state index in [1.165, 1.54) is 17.7 Å². The van der Waals surface area contributed by atoms with Crippen molar-refractivity contribution in [3.63, 3.8) is 0 Å². The van der Waals surface area contributed by atoms with E-state index in [0.29, 0.717) is 17.0 Å². The number of para-hydroxylation sites is 2. The third-order valence-electron chi connectivity index (χ3n) is 4.50. The lowest BCUT2D eigenvalue weighted by Crippen LogP contribution is -2.16. The fourth-order valence-corrected chi connectivity index (χ4v) is 3.14. The molecular formula is C20H16N6O4. The third kappa shape index (κ3) is 3.05. The third-order valence-corrected chi connectivity index (χ3v) is 4.50. The van der Waals surface area contributed by atoms with Gasteiger partial charge in [-0.05, 0) is 24.3 Å². The van der Waals surface area contributed by atoms with Gasteiger partial charge in [0.05, 0.1) is 12.8 Å². The van der Waals surface area contributed by atoms with Gasteiger partial charge in [0.25, 0.3) is 5.91 Å². The van der Waals surface area contributed by atoms with E-state index in [2.05, 4.69) is 15.0 Å². The number of aromatic amines is 1. The molecule has 5 N–H and O–H groups in total. The van der Waals surface area contributed by atoms with Crippen molar-refractivity contribution in [1.82, 2.24) is 19.5 Å². The lowest BCUT2D eigenvalue weighted by Gasteiger charge is -2.10. The highest BCUT2D eigenvalue weighted by Gasteiger charge is 2.21. The van der Waals surface area contributed by atoms with Crippen LogP contribution in [0.3, 0.4) is 0 Å². The number of benzene rings is 2. The van der Waals surface area contributed by atoms with E-state index in [4.69, 9.17) is 16.2 Å². The Balaban J connectivity index is 2.06. The van der Waals surface area contributed by atoms with Gasteiger partial charge in [-0.2, -0.15) is 0 Å². The standard InChI is InChI=1S/C20H16N6O4/c1-30-13-8-3-2-7-12(13)26-19-15(24-20(26)29)14(17(22)28)23-18(25-19)11-6-4-5-10(9-11)16(21)27/h2-9H,1H3,(H2,21,27)(H2,22,28)(H,24,29). The zero-order valence-corrected chi connectivity index (χ0v) is 15.7. The van der Waals surface area contributed by atoms with Crippen LogP contribution in [0.5, 0.6) is 5.75 Å². The molecule has 2 aromatic heterocycles. The van der Waals surface area contributed by atoms with Crippen LogP contribution in [0.1, 0.15) is 20.8 Å². The first-order chi connectivity index (χ1) is 14.4. The molecule has 30 heavy (non-hydrogen) atoms. The topological polar surface area (TPSA) is 159 Å². The largest absolute Gasteiger partial charge is 0.495 e. The minimum Gasteiger partial charge on any atom is -0.495 e. The number of rotatable bonds is 5. The summed E-state index contributed by atoms with van der Waals surface area (Å²) in [7, 11) is 1.48. The molecule has 10 heteroatoms. The number of nitrogens with one attached hydrogen (secondary N) is 1. The molecule has 150 valence electrons. The summed E-state index contributed by atoms with van der Waals surface area (Å²) in [5.41, 5.74) is 11.4. The van der Waals surface area contributed by atoms with Crippen molar-refractivity contribution in [3.05, 3.63) is 70.3 Å². The second-order valence-electron chi connectivity index (χ2n) is 6.34. The van der Waals surface area contributed by atoms with E-state index in [0.717, 1.165) is 0 Å². The fourth-order valence-electron chi connectivity index (χ4n) is 3.14. The molecule has 0 aliphatic heterocycles. The molecule has 2 heterocycles. The summed E-state index contributed by atoms with van der Waals surface area (Å²) in [6, 6.07) is 13.1. The van der Waals surface area contributed by atoms with Gasteiger partial charge < -0.3 is 21.2 Å². The number of amides is 2. The fraction of sp³-hybridized carbons (Fsp3) is 0.0500. The van der Waals surface area contributed by atoms with Crippen molar-refractivity contribution in [2.24, 2.45) is 11.5 Å². The number of carbonyl (C=O) groups excluding carboxylic acids is 2. The lowest BCUT2D eigenvalue weighted by atomic mass is 10.1. The zero-order chi connectivity index (χ0) is 21.4. The van der Waals surface area contributed by atoms with Crippen LogP contribution in [0, 0.1) is 0 Å². The molecule has 4 rings (SSSR count). The monoisotopic (exact) mass is 404 g/mol. The molecule has 0 spiro atoms. The zero-order valence-electron chi connectivity index (χ0n) is 15.7. The number of fused-ring (bicyclic) bond motifs is 1. The van der Waals surface area contributed by atoms with E-state index in [-0.39, 0.29) is 28.2 Å². The Labute approximate surface area is 169 Å². The highest BCUT2D eigenvalue weighted by molar-refractivity contribution is 6.02. The highest BCUT2D eigenvalue weighted by Crippen LogP contribution is 2.26. The smallest absolute Gasteiger partial charge is 0.332 e. The summed E-state index contributed by atoms with van der Waals surface area (Å²) in [5.74, 6) is -0.942. The Kier molecular flexibility index (Phi) is 4.51. The Hall–Kier alpha value is -4.47. The van der Waals surface area contributed by atoms with Crippen molar-refractivity contribution >= 4 is 23.0 Å². The van der Waals surface area contributed by atoms with Crippen molar-refractivity contribution in [3.8, 4) is 22.8 Å². The minimum absolute atomic E-state index is 0.0909. The molecule has 0 unspecified atom stereocenters. The molecule has 0 saturated carbocycles. The molecule has 0 atom stereocenters. The molecule has 10 nitrogen and oxygen atoms in total. The van der Waals surface area contributed by atoms with Gasteiger partial charge in [-0.3, -0.25) is 9.59 Å². The van der Waals surface area contributed by atoms with Crippen LogP contribution in [0.25, 0.3) is 28.2 Å². The number of hydrogen-bond acceptors (Lipinski definition) is 6. The SMILES string of the molecule is COc1ccccc1-n1c(=O)[nH]c2c(C(N)=O)nc(-c3cccc(C(N)=O)c3)nc21. The number of aromatic nitrogens is 4. The Morgan fingerprint density at radius 3 is 2.50 bits per heavy atom. The molecule has 2 amide bonds. The van der Waals surface area contributed by atoms with Crippen molar-refractivity contribution in [2.75, 3.05) is 7.11 Å². The van der Waals surface area contributed by atoms with Crippen molar-refractivity contribution in [1.29, 1.82) is 0 Å². The first-order valence-corrected chi connectivity index (χ1v) is 8.77. The average molecular weight is 404 g/mol. The number of hydrogen-bond donors (Lipinski definition) is 3. The van der Waals surface area contributed by atoms with Crippen LogP contribution in [0.4, 0.5) is 0 Å². The van der Waals surface area contributed by atoms with Crippen LogP contribution >= 0.6 is 0 Å². The van der Waals surface area contributed by atoms with Gasteiger partial charge in [0.2, 0.25) is 5.91 Å². The quantitative estimate of drug-likeness (QED) is 0.450. The van der Waals surface area contributed by atoms with E-state index in [1.54, 1.807) is 42.5 Å². The van der Waals surface area contributed by atoms with Gasteiger partial charge in [-0.1, -0.05) is 24.3 Å². The van der Waals surface area contributed by atoms with E-state index >= 15 is 0 Å². The Bertz CT molecular complexity index is 1370. The first kappa shape index (κ1) is 18.9. The Morgan fingerprint density at radius 1 is 1.03 bits per heavy atom. The van der Waals surface area contributed by atoms with Crippen LogP contribution in [0.15, 0.2) is 53.3 Å². The number of H-pyrrole nitrogens is 1. The van der Waals surface area contributed by atoms with Gasteiger partial charge in [0.15, 0.2) is 17.2 Å². The van der Waals surface area contributed by atoms with Gasteiger partial charge in [0.1, 0.15) is 11.3 Å². The van der Waals surface area contributed by atoms with Gasteiger partial charge in [-0.25, -0.2) is 19.3 Å². The van der Waals surface area contributed by atoms with Crippen LogP contribution in [-0.2, 0) is 0 Å². The predicted octanol–water partition coefficient (Wildman–Crippen LogP) is 0.982. The van der Waals surface area contributed by atoms with Gasteiger partial charge in [-0.15, -0.1) is 0 Å². The van der Waals surface area contributed by atoms with Gasteiger partial charge >= 0.3 is 5.69 Å². The molecule has 0 radical (unpaired) electrons. The van der Waals surface area contributed by atoms with E-state index in [1.807, 2.05) is 0 Å². The Morgan fingerprint density at radius 2 is 1.80 bits per heavy atom. The number of nitrogens with zero attached hydrogens (tertiary/aromatic N) is 3.